The van der Waals surface area contributed by atoms with Gasteiger partial charge in [0.1, 0.15) is 0 Å². The fraction of sp³-hybridized carbons (Fsp3) is 0.385. The summed E-state index contributed by atoms with van der Waals surface area (Å²) < 4.78 is 0. The average Bonchev–Trinajstić information content (AvgIpc) is 2.37. The molecule has 4 nitrogen and oxygen atoms in total. The van der Waals surface area contributed by atoms with Crippen molar-refractivity contribution in [2.24, 2.45) is 0 Å². The number of nitrogens with zero attached hydrogens (tertiary/aromatic N) is 2. The van der Waals surface area contributed by atoms with Crippen molar-refractivity contribution in [3.8, 4) is 0 Å². The van der Waals surface area contributed by atoms with Crippen LogP contribution in [0.4, 0.5) is 0 Å². The van der Waals surface area contributed by atoms with Crippen molar-refractivity contribution in [2.75, 3.05) is 26.7 Å². The van der Waals surface area contributed by atoms with Gasteiger partial charge in [-0.3, -0.25) is 9.78 Å². The van der Waals surface area contributed by atoms with E-state index in [4.69, 9.17) is 0 Å². The van der Waals surface area contributed by atoms with Gasteiger partial charge in [-0.25, -0.2) is 0 Å². The molecule has 1 heterocycles. The summed E-state index contributed by atoms with van der Waals surface area (Å²) in [5, 5.41) is 2.99. The first-order valence-corrected chi connectivity index (χ1v) is 5.69. The number of carbonyl (C=O) groups excluding carboxylic acids is 1. The Morgan fingerprint density at radius 3 is 3.06 bits per heavy atom. The molecule has 0 saturated heterocycles. The minimum atomic E-state index is 0.0859. The van der Waals surface area contributed by atoms with Crippen molar-refractivity contribution in [3.05, 3.63) is 42.7 Å². The van der Waals surface area contributed by atoms with E-state index in [2.05, 4.69) is 16.9 Å². The molecule has 0 aliphatic carbocycles. The minimum Gasteiger partial charge on any atom is -0.344 e. The summed E-state index contributed by atoms with van der Waals surface area (Å²) in [6, 6.07) is 5.81. The molecule has 0 atom stereocenters. The van der Waals surface area contributed by atoms with Crippen LogP contribution in [-0.4, -0.2) is 42.5 Å². The van der Waals surface area contributed by atoms with E-state index >= 15 is 0 Å². The second kappa shape index (κ2) is 7.57. The first-order chi connectivity index (χ1) is 8.24. The molecule has 1 rings (SSSR count). The van der Waals surface area contributed by atoms with Crippen molar-refractivity contribution in [2.45, 2.75) is 6.42 Å². The molecule has 1 aromatic rings. The summed E-state index contributed by atoms with van der Waals surface area (Å²) in [6.45, 7) is 5.27. The zero-order chi connectivity index (χ0) is 12.5. The van der Waals surface area contributed by atoms with Crippen LogP contribution >= 0.6 is 0 Å². The first-order valence-electron chi connectivity index (χ1n) is 5.69. The van der Waals surface area contributed by atoms with Gasteiger partial charge in [-0.1, -0.05) is 12.1 Å². The maximum Gasteiger partial charge on any atom is 0.236 e. The number of amides is 1. The second-order valence-electron chi connectivity index (χ2n) is 3.81. The summed E-state index contributed by atoms with van der Waals surface area (Å²) in [6.07, 6.45) is 4.29. The number of pyridine rings is 1. The van der Waals surface area contributed by atoms with Gasteiger partial charge in [0, 0.05) is 38.4 Å². The number of hydrogen-bond donors (Lipinski definition) is 1. The molecule has 1 amide bonds. The lowest BCUT2D eigenvalue weighted by Gasteiger charge is -2.16. The number of rotatable bonds is 7. The molecular formula is C13H19N3O. The maximum absolute atomic E-state index is 11.6. The molecule has 0 aliphatic rings. The van der Waals surface area contributed by atoms with Crippen LogP contribution in [0, 0.1) is 0 Å². The van der Waals surface area contributed by atoms with Crippen LogP contribution in [0.25, 0.3) is 0 Å². The van der Waals surface area contributed by atoms with Gasteiger partial charge in [0.25, 0.3) is 0 Å². The normalized spacial score (nSPS) is 9.94. The van der Waals surface area contributed by atoms with Gasteiger partial charge in [0.15, 0.2) is 0 Å². The van der Waals surface area contributed by atoms with Crippen LogP contribution in [0.5, 0.6) is 0 Å². The van der Waals surface area contributed by atoms with Crippen molar-refractivity contribution in [3.63, 3.8) is 0 Å². The van der Waals surface area contributed by atoms with E-state index in [0.29, 0.717) is 19.6 Å². The summed E-state index contributed by atoms with van der Waals surface area (Å²) in [7, 11) is 1.81. The summed E-state index contributed by atoms with van der Waals surface area (Å²) in [5.41, 5.74) is 1.01. The third kappa shape index (κ3) is 5.26. The van der Waals surface area contributed by atoms with Crippen molar-refractivity contribution in [1.82, 2.24) is 15.2 Å². The summed E-state index contributed by atoms with van der Waals surface area (Å²) >= 11 is 0. The van der Waals surface area contributed by atoms with E-state index in [9.17, 15) is 4.79 Å². The molecule has 92 valence electrons. The van der Waals surface area contributed by atoms with E-state index in [1.165, 1.54) is 0 Å². The summed E-state index contributed by atoms with van der Waals surface area (Å²) in [4.78, 5) is 17.6. The number of carbonyl (C=O) groups is 1. The Morgan fingerprint density at radius 1 is 1.59 bits per heavy atom. The number of aromatic nitrogens is 1. The lowest BCUT2D eigenvalue weighted by Crippen LogP contribution is -2.36. The highest BCUT2D eigenvalue weighted by atomic mass is 16.2. The highest BCUT2D eigenvalue weighted by Crippen LogP contribution is 1.96. The minimum absolute atomic E-state index is 0.0859. The Kier molecular flexibility index (Phi) is 5.96. The number of hydrogen-bond acceptors (Lipinski definition) is 3. The molecule has 1 aromatic heterocycles. The third-order valence-electron chi connectivity index (χ3n) is 2.42. The predicted molar refractivity (Wildman–Crippen MR) is 68.6 cm³/mol. The predicted octanol–water partition coefficient (Wildman–Crippen LogP) is 0.858. The van der Waals surface area contributed by atoms with Crippen LogP contribution in [0.15, 0.2) is 37.1 Å². The molecule has 4 heteroatoms. The Bertz CT molecular complexity index is 351. The van der Waals surface area contributed by atoms with E-state index in [-0.39, 0.29) is 5.91 Å². The lowest BCUT2D eigenvalue weighted by atomic mass is 10.2. The maximum atomic E-state index is 11.6. The van der Waals surface area contributed by atoms with Crippen LogP contribution in [0.3, 0.4) is 0 Å². The first kappa shape index (κ1) is 13.4. The van der Waals surface area contributed by atoms with Gasteiger partial charge in [0.05, 0.1) is 6.54 Å². The van der Waals surface area contributed by atoms with Gasteiger partial charge in [-0.05, 0) is 12.1 Å². The Morgan fingerprint density at radius 2 is 2.41 bits per heavy atom. The van der Waals surface area contributed by atoms with Crippen molar-refractivity contribution < 1.29 is 4.79 Å². The van der Waals surface area contributed by atoms with Crippen LogP contribution in [0.2, 0.25) is 0 Å². The van der Waals surface area contributed by atoms with Crippen LogP contribution < -0.4 is 5.32 Å². The smallest absolute Gasteiger partial charge is 0.236 e. The fourth-order valence-electron chi connectivity index (χ4n) is 1.37. The Balaban J connectivity index is 2.26. The Labute approximate surface area is 102 Å². The Hall–Kier alpha value is -1.68. The molecule has 0 spiro atoms. The number of likely N-dealkylation sites (N-methyl/N-ethyl adjacent to an activating group) is 1. The van der Waals surface area contributed by atoms with Crippen LogP contribution in [0.1, 0.15) is 5.69 Å². The van der Waals surface area contributed by atoms with Gasteiger partial charge in [0.2, 0.25) is 5.91 Å². The van der Waals surface area contributed by atoms with Gasteiger partial charge >= 0.3 is 0 Å². The quantitative estimate of drug-likeness (QED) is 0.561. The molecule has 0 aromatic carbocycles. The SMILES string of the molecule is C=CCNCC(=O)N(C)CCc1ccccn1. The van der Waals surface area contributed by atoms with E-state index in [1.807, 2.05) is 18.2 Å². The fourth-order valence-corrected chi connectivity index (χ4v) is 1.37. The highest BCUT2D eigenvalue weighted by Gasteiger charge is 2.07. The number of nitrogens with one attached hydrogen (secondary N) is 1. The van der Waals surface area contributed by atoms with Crippen LogP contribution in [-0.2, 0) is 11.2 Å². The monoisotopic (exact) mass is 233 g/mol. The van der Waals surface area contributed by atoms with Gasteiger partial charge in [-0.15, -0.1) is 6.58 Å². The molecule has 0 radical (unpaired) electrons. The van der Waals surface area contributed by atoms with Gasteiger partial charge < -0.3 is 10.2 Å². The van der Waals surface area contributed by atoms with E-state index < -0.39 is 0 Å². The largest absolute Gasteiger partial charge is 0.344 e. The highest BCUT2D eigenvalue weighted by molar-refractivity contribution is 5.77. The molecule has 0 bridgehead atoms. The van der Waals surface area contributed by atoms with E-state index in [1.54, 1.807) is 24.2 Å². The lowest BCUT2D eigenvalue weighted by molar-refractivity contribution is -0.128. The van der Waals surface area contributed by atoms with Crippen molar-refractivity contribution >= 4 is 5.91 Å². The molecule has 1 N–H and O–H groups in total. The summed E-state index contributed by atoms with van der Waals surface area (Å²) in [5.74, 6) is 0.0859. The molecule has 17 heavy (non-hydrogen) atoms. The topological polar surface area (TPSA) is 45.2 Å². The average molecular weight is 233 g/mol. The molecule has 0 unspecified atom stereocenters. The zero-order valence-corrected chi connectivity index (χ0v) is 10.2. The molecule has 0 saturated carbocycles. The third-order valence-corrected chi connectivity index (χ3v) is 2.42. The molecular weight excluding hydrogens is 214 g/mol. The molecule has 0 aliphatic heterocycles. The van der Waals surface area contributed by atoms with Crippen molar-refractivity contribution in [1.29, 1.82) is 0 Å². The van der Waals surface area contributed by atoms with Gasteiger partial charge in [-0.2, -0.15) is 0 Å². The second-order valence-corrected chi connectivity index (χ2v) is 3.81. The molecule has 0 fully saturated rings. The standard InChI is InChI=1S/C13H19N3O/c1-3-8-14-11-13(17)16(2)10-7-12-6-4-5-9-15-12/h3-6,9,14H,1,7-8,10-11H2,2H3. The van der Waals surface area contributed by atoms with E-state index in [0.717, 1.165) is 12.1 Å². The zero-order valence-electron chi connectivity index (χ0n) is 10.2.